The zero-order chi connectivity index (χ0) is 15.7. The molecule has 0 spiro atoms. The Morgan fingerprint density at radius 3 is 2.45 bits per heavy atom. The van der Waals surface area contributed by atoms with Crippen LogP contribution in [0.15, 0.2) is 53.3 Å². The first-order valence-corrected chi connectivity index (χ1v) is 6.76. The van der Waals surface area contributed by atoms with Crippen molar-refractivity contribution in [2.45, 2.75) is 6.54 Å². The number of imidazole rings is 1. The summed E-state index contributed by atoms with van der Waals surface area (Å²) in [4.78, 5) is 24.3. The van der Waals surface area contributed by atoms with E-state index in [0.29, 0.717) is 5.52 Å². The predicted molar refractivity (Wildman–Crippen MR) is 82.2 cm³/mol. The van der Waals surface area contributed by atoms with E-state index >= 15 is 0 Å². The predicted octanol–water partition coefficient (Wildman–Crippen LogP) is 2.12. The first-order chi connectivity index (χ1) is 10.6. The van der Waals surface area contributed by atoms with Crippen molar-refractivity contribution in [3.63, 3.8) is 0 Å². The molecule has 22 heavy (non-hydrogen) atoms. The highest BCUT2D eigenvalue weighted by Gasteiger charge is 2.14. The minimum atomic E-state index is -0.513. The molecular weight excluding hydrogens is 285 g/mol. The molecule has 0 unspecified atom stereocenters. The molecule has 6 heteroatoms. The van der Waals surface area contributed by atoms with Gasteiger partial charge in [-0.05, 0) is 24.3 Å². The average molecular weight is 299 g/mol. The molecular formula is C16H14FN3O2. The lowest BCUT2D eigenvalue weighted by Gasteiger charge is -2.07. The number of halogens is 1. The van der Waals surface area contributed by atoms with E-state index in [4.69, 9.17) is 0 Å². The number of anilines is 1. The van der Waals surface area contributed by atoms with Crippen LogP contribution < -0.4 is 11.0 Å². The lowest BCUT2D eigenvalue weighted by atomic mass is 10.3. The number of amides is 1. The van der Waals surface area contributed by atoms with Gasteiger partial charge in [0.25, 0.3) is 0 Å². The summed E-state index contributed by atoms with van der Waals surface area (Å²) in [7, 11) is 1.65. The maximum absolute atomic E-state index is 13.5. The van der Waals surface area contributed by atoms with Crippen LogP contribution in [0.5, 0.6) is 0 Å². The summed E-state index contributed by atoms with van der Waals surface area (Å²) < 4.78 is 16.4. The summed E-state index contributed by atoms with van der Waals surface area (Å²) in [6, 6.07) is 13.1. The minimum absolute atomic E-state index is 0.0979. The molecule has 1 heterocycles. The van der Waals surface area contributed by atoms with E-state index in [0.717, 1.165) is 5.52 Å². The van der Waals surface area contributed by atoms with Crippen LogP contribution in [0.3, 0.4) is 0 Å². The third-order valence-corrected chi connectivity index (χ3v) is 3.50. The number of benzene rings is 2. The van der Waals surface area contributed by atoms with E-state index in [-0.39, 0.29) is 17.9 Å². The number of hydrogen-bond donors (Lipinski definition) is 1. The summed E-state index contributed by atoms with van der Waals surface area (Å²) in [6.07, 6.45) is 0. The first-order valence-electron chi connectivity index (χ1n) is 6.76. The Morgan fingerprint density at radius 2 is 1.73 bits per heavy atom. The van der Waals surface area contributed by atoms with Crippen LogP contribution in [0.25, 0.3) is 11.0 Å². The number of hydrogen-bond acceptors (Lipinski definition) is 2. The number of aromatic nitrogens is 2. The van der Waals surface area contributed by atoms with E-state index in [9.17, 15) is 14.0 Å². The summed E-state index contributed by atoms with van der Waals surface area (Å²) >= 11 is 0. The van der Waals surface area contributed by atoms with E-state index in [1.54, 1.807) is 31.3 Å². The van der Waals surface area contributed by atoms with Crippen molar-refractivity contribution in [3.8, 4) is 0 Å². The molecule has 5 nitrogen and oxygen atoms in total. The minimum Gasteiger partial charge on any atom is -0.322 e. The fraction of sp³-hybridized carbons (Fsp3) is 0.125. The lowest BCUT2D eigenvalue weighted by Crippen LogP contribution is -2.28. The van der Waals surface area contributed by atoms with Gasteiger partial charge >= 0.3 is 5.69 Å². The van der Waals surface area contributed by atoms with Crippen LogP contribution in [0.4, 0.5) is 10.1 Å². The maximum Gasteiger partial charge on any atom is 0.329 e. The quantitative estimate of drug-likeness (QED) is 0.805. The fourth-order valence-corrected chi connectivity index (χ4v) is 2.41. The van der Waals surface area contributed by atoms with Gasteiger partial charge in [0.2, 0.25) is 5.91 Å². The van der Waals surface area contributed by atoms with E-state index in [1.165, 1.54) is 21.3 Å². The molecule has 0 aliphatic rings. The third kappa shape index (κ3) is 2.39. The second kappa shape index (κ2) is 5.48. The van der Waals surface area contributed by atoms with Crippen LogP contribution in [0.2, 0.25) is 0 Å². The molecule has 0 atom stereocenters. The van der Waals surface area contributed by atoms with Gasteiger partial charge in [-0.2, -0.15) is 0 Å². The van der Waals surface area contributed by atoms with E-state index < -0.39 is 11.7 Å². The van der Waals surface area contributed by atoms with E-state index in [2.05, 4.69) is 5.32 Å². The number of rotatable bonds is 3. The second-order valence-electron chi connectivity index (χ2n) is 4.94. The van der Waals surface area contributed by atoms with Crippen LogP contribution in [-0.2, 0) is 18.4 Å². The molecule has 1 aromatic heterocycles. The lowest BCUT2D eigenvalue weighted by molar-refractivity contribution is -0.116. The third-order valence-electron chi connectivity index (χ3n) is 3.50. The zero-order valence-electron chi connectivity index (χ0n) is 11.9. The van der Waals surface area contributed by atoms with Crippen molar-refractivity contribution >= 4 is 22.6 Å². The monoisotopic (exact) mass is 299 g/mol. The molecule has 0 saturated heterocycles. The second-order valence-corrected chi connectivity index (χ2v) is 4.94. The van der Waals surface area contributed by atoms with Crippen molar-refractivity contribution in [2.75, 3.05) is 5.32 Å². The summed E-state index contributed by atoms with van der Waals surface area (Å²) in [5.74, 6) is -0.968. The molecule has 0 fully saturated rings. The van der Waals surface area contributed by atoms with Crippen LogP contribution in [-0.4, -0.2) is 15.0 Å². The van der Waals surface area contributed by atoms with Crippen molar-refractivity contribution in [1.82, 2.24) is 9.13 Å². The molecule has 0 aliphatic heterocycles. The van der Waals surface area contributed by atoms with Gasteiger partial charge in [0.15, 0.2) is 0 Å². The molecule has 1 amide bonds. The molecule has 0 aliphatic carbocycles. The smallest absolute Gasteiger partial charge is 0.322 e. The first kappa shape index (κ1) is 14.1. The highest BCUT2D eigenvalue weighted by Crippen LogP contribution is 2.14. The van der Waals surface area contributed by atoms with E-state index in [1.807, 2.05) is 12.1 Å². The Labute approximate surface area is 125 Å². The van der Waals surface area contributed by atoms with Crippen molar-refractivity contribution < 1.29 is 9.18 Å². The SMILES string of the molecule is Cn1c(=O)n(CC(=O)Nc2ccccc2F)c2ccccc21. The van der Waals surface area contributed by atoms with Crippen molar-refractivity contribution in [3.05, 3.63) is 64.8 Å². The normalized spacial score (nSPS) is 10.8. The van der Waals surface area contributed by atoms with Gasteiger partial charge in [-0.1, -0.05) is 24.3 Å². The standard InChI is InChI=1S/C16H14FN3O2/c1-19-13-8-4-5-9-14(13)20(16(19)22)10-15(21)18-12-7-3-2-6-11(12)17/h2-9H,10H2,1H3,(H,18,21). The van der Waals surface area contributed by atoms with Gasteiger partial charge in [0.05, 0.1) is 16.7 Å². The highest BCUT2D eigenvalue weighted by molar-refractivity contribution is 5.91. The fourth-order valence-electron chi connectivity index (χ4n) is 2.41. The Hall–Kier alpha value is -2.89. The average Bonchev–Trinajstić information content (AvgIpc) is 2.75. The number of nitrogens with zero attached hydrogens (tertiary/aromatic N) is 2. The molecule has 0 saturated carbocycles. The molecule has 0 bridgehead atoms. The van der Waals surface area contributed by atoms with Crippen LogP contribution >= 0.6 is 0 Å². The van der Waals surface area contributed by atoms with Gasteiger partial charge in [0.1, 0.15) is 12.4 Å². The van der Waals surface area contributed by atoms with Gasteiger partial charge in [0, 0.05) is 7.05 Å². The number of carbonyl (C=O) groups excluding carboxylic acids is 1. The summed E-state index contributed by atoms with van der Waals surface area (Å²) in [6.45, 7) is -0.172. The zero-order valence-corrected chi connectivity index (χ0v) is 11.9. The summed E-state index contributed by atoms with van der Waals surface area (Å²) in [5, 5.41) is 2.48. The molecule has 1 N–H and O–H groups in total. The molecule has 3 rings (SSSR count). The Kier molecular flexibility index (Phi) is 3.50. The highest BCUT2D eigenvalue weighted by atomic mass is 19.1. The maximum atomic E-state index is 13.5. The Balaban J connectivity index is 1.91. The van der Waals surface area contributed by atoms with Crippen LogP contribution in [0.1, 0.15) is 0 Å². The number of nitrogens with one attached hydrogen (secondary N) is 1. The summed E-state index contributed by atoms with van der Waals surface area (Å²) in [5.41, 5.74) is 1.22. The number of aryl methyl sites for hydroxylation is 1. The molecule has 2 aromatic carbocycles. The van der Waals surface area contributed by atoms with Crippen molar-refractivity contribution in [2.24, 2.45) is 7.05 Å². The molecule has 3 aromatic rings. The Bertz CT molecular complexity index is 911. The number of para-hydroxylation sites is 3. The largest absolute Gasteiger partial charge is 0.329 e. The number of carbonyl (C=O) groups is 1. The van der Waals surface area contributed by atoms with Crippen molar-refractivity contribution in [1.29, 1.82) is 0 Å². The Morgan fingerprint density at radius 1 is 1.09 bits per heavy atom. The van der Waals surface area contributed by atoms with Gasteiger partial charge in [-0.25, -0.2) is 9.18 Å². The molecule has 112 valence electrons. The molecule has 0 radical (unpaired) electrons. The van der Waals surface area contributed by atoms with Gasteiger partial charge in [-0.15, -0.1) is 0 Å². The number of fused-ring (bicyclic) bond motifs is 1. The topological polar surface area (TPSA) is 56.0 Å². The van der Waals surface area contributed by atoms with Gasteiger partial charge in [-0.3, -0.25) is 13.9 Å². The van der Waals surface area contributed by atoms with Gasteiger partial charge < -0.3 is 5.32 Å². The van der Waals surface area contributed by atoms with Crippen LogP contribution in [0, 0.1) is 5.82 Å².